The molecule has 1 N–H and O–H groups in total. The first-order chi connectivity index (χ1) is 10.2. The Morgan fingerprint density at radius 2 is 1.90 bits per heavy atom. The van der Waals surface area contributed by atoms with Gasteiger partial charge in [-0.25, -0.2) is 0 Å². The summed E-state index contributed by atoms with van der Waals surface area (Å²) in [6.07, 6.45) is 1.10. The zero-order chi connectivity index (χ0) is 15.0. The maximum absolute atomic E-state index is 12.7. The van der Waals surface area contributed by atoms with Crippen LogP contribution in [0.25, 0.3) is 10.8 Å². The molecule has 3 nitrogen and oxygen atoms in total. The molecule has 0 aromatic heterocycles. The van der Waals surface area contributed by atoms with Crippen LogP contribution in [0.4, 0.5) is 5.69 Å². The van der Waals surface area contributed by atoms with Crippen LogP contribution in [-0.4, -0.2) is 25.5 Å². The van der Waals surface area contributed by atoms with Gasteiger partial charge in [-0.3, -0.25) is 4.79 Å². The lowest BCUT2D eigenvalue weighted by molar-refractivity contribution is 0.0989. The Morgan fingerprint density at radius 1 is 1.19 bits per heavy atom. The van der Waals surface area contributed by atoms with E-state index in [2.05, 4.69) is 37.4 Å². The van der Waals surface area contributed by atoms with Crippen molar-refractivity contribution in [3.63, 3.8) is 0 Å². The van der Waals surface area contributed by atoms with Gasteiger partial charge in [0.1, 0.15) is 0 Å². The van der Waals surface area contributed by atoms with Crippen LogP contribution >= 0.6 is 0 Å². The number of hydrogen-bond donors (Lipinski definition) is 1. The highest BCUT2D eigenvalue weighted by Gasteiger charge is 2.31. The molecule has 110 valence electrons. The second-order valence-corrected chi connectivity index (χ2v) is 5.88. The Bertz CT molecular complexity index is 675. The Kier molecular flexibility index (Phi) is 3.68. The van der Waals surface area contributed by atoms with Gasteiger partial charge in [-0.1, -0.05) is 44.5 Å². The van der Waals surface area contributed by atoms with Crippen LogP contribution in [0.3, 0.4) is 0 Å². The molecule has 0 bridgehead atoms. The summed E-state index contributed by atoms with van der Waals surface area (Å²) in [6, 6.07) is 12.4. The lowest BCUT2D eigenvalue weighted by atomic mass is 9.99. The average Bonchev–Trinajstić information content (AvgIpc) is 2.79. The second-order valence-electron chi connectivity index (χ2n) is 5.88. The predicted molar refractivity (Wildman–Crippen MR) is 87.9 cm³/mol. The molecule has 0 spiro atoms. The van der Waals surface area contributed by atoms with E-state index in [0.29, 0.717) is 12.0 Å². The summed E-state index contributed by atoms with van der Waals surface area (Å²) in [6.45, 7) is 5.14. The summed E-state index contributed by atoms with van der Waals surface area (Å²) in [5, 5.41) is 5.61. The summed E-state index contributed by atoms with van der Waals surface area (Å²) in [4.78, 5) is 14.7. The number of rotatable bonds is 5. The van der Waals surface area contributed by atoms with Gasteiger partial charge < -0.3 is 10.2 Å². The van der Waals surface area contributed by atoms with E-state index >= 15 is 0 Å². The molecular weight excluding hydrogens is 260 g/mol. The highest BCUT2D eigenvalue weighted by atomic mass is 16.2. The van der Waals surface area contributed by atoms with Crippen molar-refractivity contribution in [2.45, 2.75) is 26.3 Å². The van der Waals surface area contributed by atoms with Crippen LogP contribution in [0.2, 0.25) is 0 Å². The summed E-state index contributed by atoms with van der Waals surface area (Å²) < 4.78 is 0. The van der Waals surface area contributed by atoms with Crippen LogP contribution in [0.15, 0.2) is 36.4 Å². The van der Waals surface area contributed by atoms with Crippen molar-refractivity contribution in [3.05, 3.63) is 42.0 Å². The van der Waals surface area contributed by atoms with Crippen molar-refractivity contribution in [2.24, 2.45) is 5.92 Å². The lowest BCUT2D eigenvalue weighted by Crippen LogP contribution is -2.44. The first-order valence-corrected chi connectivity index (χ1v) is 7.68. The molecule has 0 fully saturated rings. The molecule has 3 heteroatoms. The quantitative estimate of drug-likeness (QED) is 0.911. The highest BCUT2D eigenvalue weighted by molar-refractivity contribution is 6.25. The predicted octanol–water partition coefficient (Wildman–Crippen LogP) is 3.43. The fourth-order valence-electron chi connectivity index (χ4n) is 3.20. The maximum atomic E-state index is 12.7. The number of carbonyl (C=O) groups is 1. The van der Waals surface area contributed by atoms with Crippen LogP contribution in [-0.2, 0) is 0 Å². The van der Waals surface area contributed by atoms with E-state index in [4.69, 9.17) is 0 Å². The third-order valence-electron chi connectivity index (χ3n) is 4.73. The number of nitrogens with zero attached hydrogens (tertiary/aromatic N) is 1. The Labute approximate surface area is 125 Å². The standard InChI is InChI=1S/C18H22N2O/c1-4-12(2)15(19-3)11-20-16-10-6-8-13-7-5-9-14(17(13)16)18(20)21/h5-10,12,15,19H,4,11H2,1-3H3. The van der Waals surface area contributed by atoms with Gasteiger partial charge in [0.15, 0.2) is 0 Å². The van der Waals surface area contributed by atoms with Gasteiger partial charge in [0, 0.05) is 23.5 Å². The minimum atomic E-state index is 0.130. The van der Waals surface area contributed by atoms with Crippen molar-refractivity contribution in [2.75, 3.05) is 18.5 Å². The van der Waals surface area contributed by atoms with Crippen molar-refractivity contribution < 1.29 is 4.79 Å². The van der Waals surface area contributed by atoms with Crippen molar-refractivity contribution in [3.8, 4) is 0 Å². The van der Waals surface area contributed by atoms with Gasteiger partial charge in [0.05, 0.1) is 5.69 Å². The maximum Gasteiger partial charge on any atom is 0.259 e. The Hall–Kier alpha value is -1.87. The van der Waals surface area contributed by atoms with E-state index < -0.39 is 0 Å². The molecule has 21 heavy (non-hydrogen) atoms. The first-order valence-electron chi connectivity index (χ1n) is 7.68. The molecule has 2 unspecified atom stereocenters. The SMILES string of the molecule is CCC(C)C(CN1C(=O)c2cccc3cccc1c23)NC. The molecular formula is C18H22N2O. The molecule has 2 aromatic carbocycles. The molecule has 0 radical (unpaired) electrons. The zero-order valence-electron chi connectivity index (χ0n) is 12.9. The second kappa shape index (κ2) is 5.49. The first kappa shape index (κ1) is 14.1. The van der Waals surface area contributed by atoms with Gasteiger partial charge >= 0.3 is 0 Å². The number of likely N-dealkylation sites (N-methyl/N-ethyl adjacent to an activating group) is 1. The number of nitrogens with one attached hydrogen (secondary N) is 1. The van der Waals surface area contributed by atoms with Gasteiger partial charge in [0.2, 0.25) is 0 Å². The number of carbonyl (C=O) groups excluding carboxylic acids is 1. The molecule has 1 amide bonds. The summed E-state index contributed by atoms with van der Waals surface area (Å²) in [5.74, 6) is 0.663. The normalized spacial score (nSPS) is 16.5. The monoisotopic (exact) mass is 282 g/mol. The fourth-order valence-corrected chi connectivity index (χ4v) is 3.20. The summed E-state index contributed by atoms with van der Waals surface area (Å²) in [7, 11) is 1.98. The van der Waals surface area contributed by atoms with Gasteiger partial charge in [-0.2, -0.15) is 0 Å². The van der Waals surface area contributed by atoms with E-state index in [-0.39, 0.29) is 5.91 Å². The molecule has 1 aliphatic rings. The lowest BCUT2D eigenvalue weighted by Gasteiger charge is -2.28. The van der Waals surface area contributed by atoms with Crippen molar-refractivity contribution in [1.29, 1.82) is 0 Å². The van der Waals surface area contributed by atoms with Gasteiger partial charge in [-0.05, 0) is 30.5 Å². The minimum Gasteiger partial charge on any atom is -0.315 e. The van der Waals surface area contributed by atoms with Crippen LogP contribution in [0, 0.1) is 5.92 Å². The number of hydrogen-bond acceptors (Lipinski definition) is 2. The topological polar surface area (TPSA) is 32.3 Å². The average molecular weight is 282 g/mol. The molecule has 1 heterocycles. The molecule has 0 saturated carbocycles. The largest absolute Gasteiger partial charge is 0.315 e. The number of anilines is 1. The number of benzene rings is 2. The summed E-state index contributed by atoms with van der Waals surface area (Å²) in [5.41, 5.74) is 1.89. The highest BCUT2D eigenvalue weighted by Crippen LogP contribution is 2.37. The van der Waals surface area contributed by atoms with Crippen molar-refractivity contribution >= 4 is 22.4 Å². The fraction of sp³-hybridized carbons (Fsp3) is 0.389. The van der Waals surface area contributed by atoms with Gasteiger partial charge in [-0.15, -0.1) is 0 Å². The van der Waals surface area contributed by atoms with Gasteiger partial charge in [0.25, 0.3) is 5.91 Å². The number of amides is 1. The molecule has 0 saturated heterocycles. The van der Waals surface area contributed by atoms with E-state index in [9.17, 15) is 4.79 Å². The van der Waals surface area contributed by atoms with Crippen LogP contribution in [0.5, 0.6) is 0 Å². The van der Waals surface area contributed by atoms with Crippen LogP contribution < -0.4 is 10.2 Å². The van der Waals surface area contributed by atoms with E-state index in [1.807, 2.05) is 30.1 Å². The molecule has 3 rings (SSSR count). The van der Waals surface area contributed by atoms with E-state index in [1.54, 1.807) is 0 Å². The van der Waals surface area contributed by atoms with Crippen molar-refractivity contribution in [1.82, 2.24) is 5.32 Å². The van der Waals surface area contributed by atoms with E-state index in [1.165, 1.54) is 0 Å². The molecule has 2 aromatic rings. The Balaban J connectivity index is 2.00. The minimum absolute atomic E-state index is 0.130. The molecule has 1 aliphatic heterocycles. The third kappa shape index (κ3) is 2.22. The van der Waals surface area contributed by atoms with E-state index in [0.717, 1.165) is 35.0 Å². The third-order valence-corrected chi connectivity index (χ3v) is 4.73. The Morgan fingerprint density at radius 3 is 2.57 bits per heavy atom. The molecule has 0 aliphatic carbocycles. The van der Waals surface area contributed by atoms with Crippen LogP contribution in [0.1, 0.15) is 30.6 Å². The summed E-state index contributed by atoms with van der Waals surface area (Å²) >= 11 is 0. The zero-order valence-corrected chi connectivity index (χ0v) is 12.9. The smallest absolute Gasteiger partial charge is 0.259 e. The molecule has 2 atom stereocenters.